The molecular weight excluding hydrogens is 233 g/mol. The molecule has 1 nitrogen and oxygen atoms in total. The van der Waals surface area contributed by atoms with Crippen molar-refractivity contribution in [3.8, 4) is 12.3 Å². The van der Waals surface area contributed by atoms with E-state index in [0.717, 1.165) is 34.2 Å². The van der Waals surface area contributed by atoms with Crippen LogP contribution >= 0.6 is 11.3 Å². The molecule has 0 saturated carbocycles. The smallest absolute Gasteiger partial charge is 0.124 e. The minimum Gasteiger partial charge on any atom is -0.323 e. The van der Waals surface area contributed by atoms with Crippen LogP contribution in [0, 0.1) is 18.2 Å². The Morgan fingerprint density at radius 3 is 3.00 bits per heavy atom. The molecule has 88 valence electrons. The summed E-state index contributed by atoms with van der Waals surface area (Å²) >= 11 is 1.56. The maximum absolute atomic E-state index is 13.0. The SMILES string of the molecule is C#CCCCC(N)c1cc2ccc(F)cc2s1. The first-order chi connectivity index (χ1) is 8.20. The van der Waals surface area contributed by atoms with Crippen molar-refractivity contribution in [3.63, 3.8) is 0 Å². The van der Waals surface area contributed by atoms with Gasteiger partial charge in [0.1, 0.15) is 5.82 Å². The second-order valence-electron chi connectivity index (χ2n) is 4.03. The maximum atomic E-state index is 13.0. The van der Waals surface area contributed by atoms with Gasteiger partial charge >= 0.3 is 0 Å². The van der Waals surface area contributed by atoms with Crippen molar-refractivity contribution in [2.75, 3.05) is 0 Å². The third kappa shape index (κ3) is 2.85. The number of thiophene rings is 1. The Morgan fingerprint density at radius 1 is 1.41 bits per heavy atom. The van der Waals surface area contributed by atoms with Crippen LogP contribution < -0.4 is 5.73 Å². The van der Waals surface area contributed by atoms with E-state index >= 15 is 0 Å². The van der Waals surface area contributed by atoms with Gasteiger partial charge in [0.25, 0.3) is 0 Å². The summed E-state index contributed by atoms with van der Waals surface area (Å²) in [6, 6.07) is 6.86. The van der Waals surface area contributed by atoms with Crippen LogP contribution in [0.25, 0.3) is 10.1 Å². The molecule has 1 aromatic carbocycles. The predicted molar refractivity (Wildman–Crippen MR) is 71.4 cm³/mol. The van der Waals surface area contributed by atoms with E-state index in [1.54, 1.807) is 23.5 Å². The minimum atomic E-state index is -0.202. The summed E-state index contributed by atoms with van der Waals surface area (Å²) in [7, 11) is 0. The quantitative estimate of drug-likeness (QED) is 0.644. The van der Waals surface area contributed by atoms with Crippen molar-refractivity contribution in [2.45, 2.75) is 25.3 Å². The molecule has 17 heavy (non-hydrogen) atoms. The van der Waals surface area contributed by atoms with Crippen LogP contribution in [0.5, 0.6) is 0 Å². The Morgan fingerprint density at radius 2 is 2.24 bits per heavy atom. The summed E-state index contributed by atoms with van der Waals surface area (Å²) in [6.45, 7) is 0. The highest BCUT2D eigenvalue weighted by Gasteiger charge is 2.10. The monoisotopic (exact) mass is 247 g/mol. The Bertz CT molecular complexity index is 553. The Hall–Kier alpha value is -1.37. The lowest BCUT2D eigenvalue weighted by molar-refractivity contribution is 0.630. The van der Waals surface area contributed by atoms with Crippen molar-refractivity contribution in [1.82, 2.24) is 0 Å². The molecule has 2 N–H and O–H groups in total. The molecular formula is C14H14FNS. The van der Waals surface area contributed by atoms with Gasteiger partial charge in [-0.05, 0) is 36.4 Å². The van der Waals surface area contributed by atoms with Gasteiger partial charge in [-0.1, -0.05) is 6.07 Å². The number of rotatable bonds is 4. The molecule has 2 rings (SSSR count). The van der Waals surface area contributed by atoms with E-state index < -0.39 is 0 Å². The third-order valence-corrected chi connectivity index (χ3v) is 3.93. The molecule has 0 fully saturated rings. The van der Waals surface area contributed by atoms with Crippen LogP contribution in [-0.4, -0.2) is 0 Å². The van der Waals surface area contributed by atoms with Gasteiger partial charge in [0.05, 0.1) is 0 Å². The topological polar surface area (TPSA) is 26.0 Å². The van der Waals surface area contributed by atoms with E-state index in [-0.39, 0.29) is 11.9 Å². The number of terminal acetylenes is 1. The highest BCUT2D eigenvalue weighted by Crippen LogP contribution is 2.31. The van der Waals surface area contributed by atoms with Crippen molar-refractivity contribution in [3.05, 3.63) is 35.0 Å². The van der Waals surface area contributed by atoms with Crippen molar-refractivity contribution in [2.24, 2.45) is 5.73 Å². The van der Waals surface area contributed by atoms with Crippen LogP contribution in [0.2, 0.25) is 0 Å². The first-order valence-corrected chi connectivity index (χ1v) is 6.40. The Labute approximate surface area is 104 Å². The molecule has 1 unspecified atom stereocenters. The average Bonchev–Trinajstić information content (AvgIpc) is 2.72. The van der Waals surface area contributed by atoms with Crippen LogP contribution in [0.1, 0.15) is 30.2 Å². The molecule has 3 heteroatoms. The summed E-state index contributed by atoms with van der Waals surface area (Å²) in [5.41, 5.74) is 6.09. The number of hydrogen-bond donors (Lipinski definition) is 1. The molecule has 0 saturated heterocycles. The molecule has 0 aliphatic heterocycles. The van der Waals surface area contributed by atoms with Crippen LogP contribution in [-0.2, 0) is 0 Å². The Kier molecular flexibility index (Phi) is 3.78. The van der Waals surface area contributed by atoms with E-state index in [1.165, 1.54) is 6.07 Å². The fourth-order valence-electron chi connectivity index (χ4n) is 1.77. The fourth-order valence-corrected chi connectivity index (χ4v) is 2.90. The molecule has 1 atom stereocenters. The highest BCUT2D eigenvalue weighted by atomic mass is 32.1. The lowest BCUT2D eigenvalue weighted by Gasteiger charge is -2.07. The third-order valence-electron chi connectivity index (χ3n) is 2.70. The van der Waals surface area contributed by atoms with E-state index in [4.69, 9.17) is 12.2 Å². The van der Waals surface area contributed by atoms with Crippen molar-refractivity contribution >= 4 is 21.4 Å². The van der Waals surface area contributed by atoms with Gasteiger partial charge in [0.2, 0.25) is 0 Å². The number of nitrogens with two attached hydrogens (primary N) is 1. The summed E-state index contributed by atoms with van der Waals surface area (Å²) < 4.78 is 14.0. The van der Waals surface area contributed by atoms with Crippen molar-refractivity contribution < 1.29 is 4.39 Å². The molecule has 0 aliphatic carbocycles. The number of hydrogen-bond acceptors (Lipinski definition) is 2. The van der Waals surface area contributed by atoms with Gasteiger partial charge < -0.3 is 5.73 Å². The normalized spacial score (nSPS) is 12.5. The predicted octanol–water partition coefficient (Wildman–Crippen LogP) is 3.84. The van der Waals surface area contributed by atoms with Gasteiger partial charge in [0.15, 0.2) is 0 Å². The van der Waals surface area contributed by atoms with E-state index in [0.29, 0.717) is 0 Å². The summed E-state index contributed by atoms with van der Waals surface area (Å²) in [4.78, 5) is 1.10. The highest BCUT2D eigenvalue weighted by molar-refractivity contribution is 7.19. The summed E-state index contributed by atoms with van der Waals surface area (Å²) in [5, 5.41) is 1.05. The van der Waals surface area contributed by atoms with E-state index in [1.807, 2.05) is 6.07 Å². The van der Waals surface area contributed by atoms with Gasteiger partial charge in [0, 0.05) is 22.0 Å². The largest absolute Gasteiger partial charge is 0.323 e. The molecule has 0 amide bonds. The zero-order valence-corrected chi connectivity index (χ0v) is 10.3. The van der Waals surface area contributed by atoms with E-state index in [2.05, 4.69) is 5.92 Å². The van der Waals surface area contributed by atoms with Crippen LogP contribution in [0.15, 0.2) is 24.3 Å². The summed E-state index contributed by atoms with van der Waals surface area (Å²) in [5.74, 6) is 2.40. The second kappa shape index (κ2) is 5.31. The molecule has 0 spiro atoms. The number of halogens is 1. The number of benzene rings is 1. The van der Waals surface area contributed by atoms with Crippen LogP contribution in [0.4, 0.5) is 4.39 Å². The molecule has 2 aromatic rings. The zero-order valence-electron chi connectivity index (χ0n) is 9.45. The summed E-state index contributed by atoms with van der Waals surface area (Å²) in [6.07, 6.45) is 7.76. The van der Waals surface area contributed by atoms with Gasteiger partial charge in [-0.15, -0.1) is 23.7 Å². The fraction of sp³-hybridized carbons (Fsp3) is 0.286. The van der Waals surface area contributed by atoms with Crippen LogP contribution in [0.3, 0.4) is 0 Å². The Balaban J connectivity index is 2.16. The first kappa shape index (κ1) is 12.1. The van der Waals surface area contributed by atoms with Crippen molar-refractivity contribution in [1.29, 1.82) is 0 Å². The molecule has 0 radical (unpaired) electrons. The first-order valence-electron chi connectivity index (χ1n) is 5.59. The van der Waals surface area contributed by atoms with Gasteiger partial charge in [-0.25, -0.2) is 4.39 Å². The molecule has 0 bridgehead atoms. The average molecular weight is 247 g/mol. The van der Waals surface area contributed by atoms with Gasteiger partial charge in [-0.2, -0.15) is 0 Å². The lowest BCUT2D eigenvalue weighted by atomic mass is 10.1. The molecule has 0 aliphatic rings. The molecule has 1 heterocycles. The number of fused-ring (bicyclic) bond motifs is 1. The van der Waals surface area contributed by atoms with Gasteiger partial charge in [-0.3, -0.25) is 0 Å². The second-order valence-corrected chi connectivity index (χ2v) is 5.15. The number of unbranched alkanes of at least 4 members (excludes halogenated alkanes) is 1. The zero-order chi connectivity index (χ0) is 12.3. The molecule has 1 aromatic heterocycles. The standard InChI is InChI=1S/C14H14FNS/c1-2-3-4-5-12(16)14-8-10-6-7-11(15)9-13(10)17-14/h1,6-9,12H,3-5,16H2. The maximum Gasteiger partial charge on any atom is 0.124 e. The lowest BCUT2D eigenvalue weighted by Crippen LogP contribution is -2.07. The van der Waals surface area contributed by atoms with E-state index in [9.17, 15) is 4.39 Å². The minimum absolute atomic E-state index is 0.00353.